The molecule has 0 bridgehead atoms. The molecule has 0 spiro atoms. The van der Waals surface area contributed by atoms with Gasteiger partial charge in [0.25, 0.3) is 0 Å². The maximum absolute atomic E-state index is 9.44. The van der Waals surface area contributed by atoms with Gasteiger partial charge in [0.15, 0.2) is 5.11 Å². The van der Waals surface area contributed by atoms with Gasteiger partial charge in [-0.15, -0.1) is 0 Å². The lowest BCUT2D eigenvalue weighted by atomic mass is 9.98. The molecular formula is C21H24N4OS. The van der Waals surface area contributed by atoms with Crippen molar-refractivity contribution in [1.29, 1.82) is 0 Å². The fourth-order valence-corrected chi connectivity index (χ4v) is 3.85. The van der Waals surface area contributed by atoms with E-state index in [1.165, 1.54) is 16.8 Å². The van der Waals surface area contributed by atoms with Gasteiger partial charge in [0.1, 0.15) is 5.75 Å². The van der Waals surface area contributed by atoms with Gasteiger partial charge in [-0.05, 0) is 54.5 Å². The van der Waals surface area contributed by atoms with E-state index in [1.807, 2.05) is 12.1 Å². The number of fused-ring (bicyclic) bond motifs is 1. The smallest absolute Gasteiger partial charge is 0.173 e. The maximum atomic E-state index is 9.44. The first-order valence-corrected chi connectivity index (χ1v) is 9.73. The highest BCUT2D eigenvalue weighted by atomic mass is 32.1. The van der Waals surface area contributed by atoms with E-state index in [0.29, 0.717) is 5.75 Å². The number of rotatable bonds is 2. The largest absolute Gasteiger partial charge is 0.508 e. The summed E-state index contributed by atoms with van der Waals surface area (Å²) in [7, 11) is 0. The van der Waals surface area contributed by atoms with Crippen molar-refractivity contribution >= 4 is 34.3 Å². The van der Waals surface area contributed by atoms with E-state index in [-0.39, 0.29) is 0 Å². The van der Waals surface area contributed by atoms with Crippen LogP contribution in [-0.2, 0) is 0 Å². The van der Waals surface area contributed by atoms with E-state index >= 15 is 0 Å². The summed E-state index contributed by atoms with van der Waals surface area (Å²) < 4.78 is 0. The van der Waals surface area contributed by atoms with Gasteiger partial charge < -0.3 is 25.5 Å². The third-order valence-electron chi connectivity index (χ3n) is 5.13. The van der Waals surface area contributed by atoms with Gasteiger partial charge in [-0.1, -0.05) is 18.2 Å². The van der Waals surface area contributed by atoms with Crippen molar-refractivity contribution in [2.24, 2.45) is 0 Å². The number of hydrogen-bond donors (Lipinski definition) is 3. The molecule has 5 nitrogen and oxygen atoms in total. The lowest BCUT2D eigenvalue weighted by molar-refractivity contribution is 0.384. The third kappa shape index (κ3) is 4.01. The first kappa shape index (κ1) is 17.7. The van der Waals surface area contributed by atoms with Crippen LogP contribution in [0.1, 0.15) is 12.0 Å². The lowest BCUT2D eigenvalue weighted by Gasteiger charge is -2.37. The van der Waals surface area contributed by atoms with Crippen LogP contribution in [0.4, 0.5) is 11.4 Å². The zero-order valence-electron chi connectivity index (χ0n) is 15.2. The average Bonchev–Trinajstić information content (AvgIpc) is 2.72. The summed E-state index contributed by atoms with van der Waals surface area (Å²) in [4.78, 5) is 4.54. The Morgan fingerprint density at radius 1 is 1.04 bits per heavy atom. The number of piperazine rings is 1. The number of aromatic hydroxyl groups is 1. The first-order valence-electron chi connectivity index (χ1n) is 9.32. The maximum Gasteiger partial charge on any atom is 0.173 e. The van der Waals surface area contributed by atoms with Crippen LogP contribution in [0.15, 0.2) is 54.7 Å². The molecule has 0 aromatic heterocycles. The van der Waals surface area contributed by atoms with E-state index in [0.717, 1.165) is 49.9 Å². The number of thiocarbonyl (C=S) groups is 1. The van der Waals surface area contributed by atoms with E-state index in [4.69, 9.17) is 12.2 Å². The summed E-state index contributed by atoms with van der Waals surface area (Å²) >= 11 is 5.62. The summed E-state index contributed by atoms with van der Waals surface area (Å²) in [5, 5.41) is 17.0. The molecule has 2 heterocycles. The van der Waals surface area contributed by atoms with E-state index in [1.54, 1.807) is 12.1 Å². The first-order chi connectivity index (χ1) is 13.2. The summed E-state index contributed by atoms with van der Waals surface area (Å²) in [6.45, 7) is 4.54. The molecule has 4 rings (SSSR count). The van der Waals surface area contributed by atoms with Gasteiger partial charge >= 0.3 is 0 Å². The highest BCUT2D eigenvalue weighted by Crippen LogP contribution is 2.29. The van der Waals surface area contributed by atoms with Crippen molar-refractivity contribution in [2.75, 3.05) is 42.9 Å². The monoisotopic (exact) mass is 380 g/mol. The Labute approximate surface area is 165 Å². The van der Waals surface area contributed by atoms with E-state index < -0.39 is 0 Å². The van der Waals surface area contributed by atoms with Crippen LogP contribution in [0.3, 0.4) is 0 Å². The van der Waals surface area contributed by atoms with Gasteiger partial charge in [-0.3, -0.25) is 0 Å². The second-order valence-electron chi connectivity index (χ2n) is 6.83. The van der Waals surface area contributed by atoms with Crippen molar-refractivity contribution in [2.45, 2.75) is 6.42 Å². The highest BCUT2D eigenvalue weighted by Gasteiger charge is 2.19. The number of nitrogens with one attached hydrogen (secondary N) is 2. The molecule has 3 N–H and O–H groups in total. The minimum absolute atomic E-state index is 0.301. The number of benzene rings is 2. The number of para-hydroxylation sites is 1. The fraction of sp³-hybridized carbons (Fsp3) is 0.286. The predicted molar refractivity (Wildman–Crippen MR) is 115 cm³/mol. The predicted octanol–water partition coefficient (Wildman–Crippen LogP) is 3.25. The van der Waals surface area contributed by atoms with E-state index in [2.05, 4.69) is 50.9 Å². The van der Waals surface area contributed by atoms with Crippen LogP contribution in [0.5, 0.6) is 5.75 Å². The molecule has 2 aromatic carbocycles. The summed E-state index contributed by atoms with van der Waals surface area (Å²) in [6.07, 6.45) is 3.05. The Bertz CT molecular complexity index is 842. The Morgan fingerprint density at radius 3 is 2.56 bits per heavy atom. The van der Waals surface area contributed by atoms with Crippen LogP contribution in [-0.4, -0.2) is 47.8 Å². The molecule has 0 atom stereocenters. The van der Waals surface area contributed by atoms with Gasteiger partial charge in [-0.25, -0.2) is 0 Å². The Morgan fingerprint density at radius 2 is 1.78 bits per heavy atom. The molecule has 0 aliphatic carbocycles. The molecule has 2 aliphatic rings. The number of hydrogen-bond acceptors (Lipinski definition) is 4. The van der Waals surface area contributed by atoms with Crippen LogP contribution in [0.25, 0.3) is 5.57 Å². The summed E-state index contributed by atoms with van der Waals surface area (Å²) in [5.41, 5.74) is 4.86. The minimum atomic E-state index is 0.301. The van der Waals surface area contributed by atoms with E-state index in [9.17, 15) is 5.11 Å². The SMILES string of the molecule is Oc1ccc(N2CCN(C(=S)N/C=C3/CCNc4ccccc43)CC2)cc1. The van der Waals surface area contributed by atoms with Crippen molar-refractivity contribution in [1.82, 2.24) is 10.2 Å². The molecule has 1 saturated heterocycles. The zero-order chi connectivity index (χ0) is 18.6. The Hall–Kier alpha value is -2.73. The molecule has 140 valence electrons. The normalized spacial score (nSPS) is 18.0. The van der Waals surface area contributed by atoms with Crippen molar-refractivity contribution in [3.05, 3.63) is 60.3 Å². The van der Waals surface area contributed by atoms with Gasteiger partial charge in [0, 0.05) is 55.9 Å². The highest BCUT2D eigenvalue weighted by molar-refractivity contribution is 7.80. The van der Waals surface area contributed by atoms with Crippen molar-refractivity contribution in [3.8, 4) is 5.75 Å². The van der Waals surface area contributed by atoms with Crippen LogP contribution in [0.2, 0.25) is 0 Å². The number of nitrogens with zero attached hydrogens (tertiary/aromatic N) is 2. The number of anilines is 2. The van der Waals surface area contributed by atoms with Gasteiger partial charge in [0.2, 0.25) is 0 Å². The second-order valence-corrected chi connectivity index (χ2v) is 7.22. The van der Waals surface area contributed by atoms with Crippen molar-refractivity contribution in [3.63, 3.8) is 0 Å². The molecule has 0 saturated carbocycles. The summed E-state index contributed by atoms with van der Waals surface area (Å²) in [6, 6.07) is 15.8. The molecule has 2 aliphatic heterocycles. The minimum Gasteiger partial charge on any atom is -0.508 e. The van der Waals surface area contributed by atoms with Crippen LogP contribution < -0.4 is 15.5 Å². The lowest BCUT2D eigenvalue weighted by Crippen LogP contribution is -2.51. The molecular weight excluding hydrogens is 356 g/mol. The number of phenolic OH excluding ortho intramolecular Hbond substituents is 1. The molecule has 0 radical (unpaired) electrons. The molecule has 0 unspecified atom stereocenters. The fourth-order valence-electron chi connectivity index (χ4n) is 3.61. The van der Waals surface area contributed by atoms with Crippen LogP contribution in [0, 0.1) is 0 Å². The molecule has 2 aromatic rings. The molecule has 0 amide bonds. The van der Waals surface area contributed by atoms with Gasteiger partial charge in [0.05, 0.1) is 0 Å². The zero-order valence-corrected chi connectivity index (χ0v) is 16.0. The third-order valence-corrected chi connectivity index (χ3v) is 5.51. The molecule has 6 heteroatoms. The molecule has 27 heavy (non-hydrogen) atoms. The quantitative estimate of drug-likeness (QED) is 0.696. The number of phenols is 1. The van der Waals surface area contributed by atoms with Crippen LogP contribution >= 0.6 is 12.2 Å². The molecule has 1 fully saturated rings. The average molecular weight is 381 g/mol. The second kappa shape index (κ2) is 7.88. The Kier molecular flexibility index (Phi) is 5.16. The van der Waals surface area contributed by atoms with Gasteiger partial charge in [-0.2, -0.15) is 0 Å². The topological polar surface area (TPSA) is 50.8 Å². The Balaban J connectivity index is 1.34. The standard InChI is InChI=1S/C21H24N4OS/c26-18-7-5-17(6-8-18)24-11-13-25(14-12-24)21(27)23-15-16-9-10-22-20-4-2-1-3-19(16)20/h1-8,15,22,26H,9-14H2,(H,23,27)/b16-15-. The van der Waals surface area contributed by atoms with Crippen molar-refractivity contribution < 1.29 is 5.11 Å². The summed E-state index contributed by atoms with van der Waals surface area (Å²) in [5.74, 6) is 0.301.